The molecule has 1 saturated heterocycles. The molecule has 6 nitrogen and oxygen atoms in total. The lowest BCUT2D eigenvalue weighted by atomic mass is 10.0. The summed E-state index contributed by atoms with van der Waals surface area (Å²) in [5.41, 5.74) is 1.88. The highest BCUT2D eigenvalue weighted by Crippen LogP contribution is 2.36. The molecule has 2 aromatic carbocycles. The first-order valence-electron chi connectivity index (χ1n) is 11.1. The van der Waals surface area contributed by atoms with Crippen molar-refractivity contribution in [3.63, 3.8) is 0 Å². The lowest BCUT2D eigenvalue weighted by Gasteiger charge is -2.25. The van der Waals surface area contributed by atoms with Crippen LogP contribution in [0.2, 0.25) is 0 Å². The quantitative estimate of drug-likeness (QED) is 0.607. The van der Waals surface area contributed by atoms with Crippen LogP contribution in [0.15, 0.2) is 53.3 Å². The van der Waals surface area contributed by atoms with Gasteiger partial charge in [-0.3, -0.25) is 14.2 Å². The monoisotopic (exact) mass is 417 g/mol. The van der Waals surface area contributed by atoms with Crippen molar-refractivity contribution in [3.8, 4) is 5.75 Å². The normalized spacial score (nSPS) is 18.5. The Bertz CT molecular complexity index is 1160. The Kier molecular flexibility index (Phi) is 5.22. The summed E-state index contributed by atoms with van der Waals surface area (Å²) >= 11 is 0. The van der Waals surface area contributed by atoms with E-state index in [2.05, 4.69) is 0 Å². The van der Waals surface area contributed by atoms with Gasteiger partial charge in [0.05, 0.1) is 24.1 Å². The molecule has 0 N–H and O–H groups in total. The number of carbonyl (C=O) groups excluding carboxylic acids is 1. The van der Waals surface area contributed by atoms with E-state index in [0.29, 0.717) is 23.7 Å². The number of fused-ring (bicyclic) bond motifs is 1. The average molecular weight is 418 g/mol. The molecule has 0 radical (unpaired) electrons. The zero-order chi connectivity index (χ0) is 21.4. The zero-order valence-electron chi connectivity index (χ0n) is 17.8. The van der Waals surface area contributed by atoms with Crippen LogP contribution < -0.4 is 10.3 Å². The third-order valence-corrected chi connectivity index (χ3v) is 6.43. The van der Waals surface area contributed by atoms with Crippen LogP contribution in [0.5, 0.6) is 5.75 Å². The summed E-state index contributed by atoms with van der Waals surface area (Å²) in [7, 11) is 1.66. The van der Waals surface area contributed by atoms with E-state index in [0.717, 1.165) is 49.4 Å². The van der Waals surface area contributed by atoms with E-state index in [9.17, 15) is 9.59 Å². The number of benzene rings is 2. The largest absolute Gasteiger partial charge is 0.497 e. The number of aryl methyl sites for hydroxylation is 1. The predicted octanol–water partition coefficient (Wildman–Crippen LogP) is 4.04. The summed E-state index contributed by atoms with van der Waals surface area (Å²) in [5, 5.41) is 0.656. The van der Waals surface area contributed by atoms with E-state index < -0.39 is 0 Å². The fourth-order valence-corrected chi connectivity index (χ4v) is 4.68. The van der Waals surface area contributed by atoms with E-state index >= 15 is 0 Å². The van der Waals surface area contributed by atoms with Crippen molar-refractivity contribution in [1.29, 1.82) is 0 Å². The van der Waals surface area contributed by atoms with Gasteiger partial charge in [-0.2, -0.15) is 0 Å². The number of ether oxygens (including phenoxy) is 1. The summed E-state index contributed by atoms with van der Waals surface area (Å²) in [6.07, 6.45) is 4.84. The van der Waals surface area contributed by atoms with E-state index in [1.807, 2.05) is 58.0 Å². The van der Waals surface area contributed by atoms with Gasteiger partial charge in [0.25, 0.3) is 5.56 Å². The molecule has 1 atom stereocenters. The van der Waals surface area contributed by atoms with Crippen LogP contribution in [-0.2, 0) is 11.2 Å². The van der Waals surface area contributed by atoms with Crippen molar-refractivity contribution in [1.82, 2.24) is 14.5 Å². The molecule has 31 heavy (non-hydrogen) atoms. The van der Waals surface area contributed by atoms with Gasteiger partial charge < -0.3 is 9.64 Å². The molecule has 5 rings (SSSR count). The van der Waals surface area contributed by atoms with Crippen molar-refractivity contribution >= 4 is 16.8 Å². The number of amides is 1. The number of para-hydroxylation sites is 1. The Morgan fingerprint density at radius 2 is 1.87 bits per heavy atom. The molecule has 2 aliphatic rings. The minimum absolute atomic E-state index is 0.0211. The smallest absolute Gasteiger partial charge is 0.261 e. The molecule has 1 aromatic heterocycles. The Labute approximate surface area is 181 Å². The molecule has 0 spiro atoms. The predicted molar refractivity (Wildman–Crippen MR) is 119 cm³/mol. The van der Waals surface area contributed by atoms with Gasteiger partial charge in [0.15, 0.2) is 0 Å². The number of carbonyl (C=O) groups is 1. The maximum Gasteiger partial charge on any atom is 0.261 e. The molecule has 0 bridgehead atoms. The van der Waals surface area contributed by atoms with Crippen molar-refractivity contribution < 1.29 is 9.53 Å². The van der Waals surface area contributed by atoms with E-state index in [-0.39, 0.29) is 23.6 Å². The van der Waals surface area contributed by atoms with Crippen LogP contribution >= 0.6 is 0 Å². The molecule has 6 heteroatoms. The number of aromatic nitrogens is 2. The second-order valence-corrected chi connectivity index (χ2v) is 8.47. The number of nitrogens with zero attached hydrogens (tertiary/aromatic N) is 3. The highest BCUT2D eigenvalue weighted by molar-refractivity contribution is 5.78. The Morgan fingerprint density at radius 1 is 1.10 bits per heavy atom. The molecule has 2 heterocycles. The van der Waals surface area contributed by atoms with Crippen LogP contribution in [0.3, 0.4) is 0 Å². The minimum Gasteiger partial charge on any atom is -0.497 e. The molecule has 1 unspecified atom stereocenters. The van der Waals surface area contributed by atoms with Crippen LogP contribution in [0.25, 0.3) is 10.9 Å². The first-order chi connectivity index (χ1) is 15.2. The maximum absolute atomic E-state index is 13.2. The summed E-state index contributed by atoms with van der Waals surface area (Å²) < 4.78 is 7.09. The highest BCUT2D eigenvalue weighted by Gasteiger charge is 2.31. The molecule has 1 amide bonds. The first-order valence-corrected chi connectivity index (χ1v) is 11.1. The van der Waals surface area contributed by atoms with Crippen molar-refractivity contribution in [2.24, 2.45) is 0 Å². The zero-order valence-corrected chi connectivity index (χ0v) is 17.8. The molecular formula is C25H27N3O3. The second-order valence-electron chi connectivity index (χ2n) is 8.47. The Hall–Kier alpha value is -3.15. The Balaban J connectivity index is 1.36. The second kappa shape index (κ2) is 8.17. The summed E-state index contributed by atoms with van der Waals surface area (Å²) in [5.74, 6) is 1.68. The summed E-state index contributed by atoms with van der Waals surface area (Å²) in [4.78, 5) is 33.0. The molecule has 1 aliphatic carbocycles. The average Bonchev–Trinajstić information content (AvgIpc) is 3.52. The summed E-state index contributed by atoms with van der Waals surface area (Å²) in [6, 6.07) is 15.8. The van der Waals surface area contributed by atoms with Gasteiger partial charge in [-0.05, 0) is 55.5 Å². The maximum atomic E-state index is 13.2. The van der Waals surface area contributed by atoms with Gasteiger partial charge in [0.2, 0.25) is 5.91 Å². The number of likely N-dealkylation sites (tertiary alicyclic amines) is 1. The first kappa shape index (κ1) is 19.8. The minimum atomic E-state index is 0.0211. The fraction of sp³-hybridized carbons (Fsp3) is 0.400. The number of hydrogen-bond acceptors (Lipinski definition) is 4. The van der Waals surface area contributed by atoms with Crippen LogP contribution in [-0.4, -0.2) is 34.0 Å². The van der Waals surface area contributed by atoms with Crippen molar-refractivity contribution in [3.05, 3.63) is 70.3 Å². The lowest BCUT2D eigenvalue weighted by molar-refractivity contribution is -0.132. The highest BCUT2D eigenvalue weighted by atomic mass is 16.5. The third-order valence-electron chi connectivity index (χ3n) is 6.43. The van der Waals surface area contributed by atoms with Gasteiger partial charge >= 0.3 is 0 Å². The van der Waals surface area contributed by atoms with Crippen LogP contribution in [0.1, 0.15) is 55.6 Å². The van der Waals surface area contributed by atoms with Crippen molar-refractivity contribution in [2.45, 2.75) is 50.6 Å². The molecule has 1 aliphatic heterocycles. The van der Waals surface area contributed by atoms with Gasteiger partial charge in [-0.1, -0.05) is 24.3 Å². The molecule has 2 fully saturated rings. The fourth-order valence-electron chi connectivity index (χ4n) is 4.68. The number of methoxy groups -OCH3 is 1. The standard InChI is InChI=1S/C25H27N3O3/c1-31-19-12-8-17(9-13-19)22-7-4-16-27(22)24(29)15-14-23-26-21-6-3-2-5-20(21)25(30)28(23)18-10-11-18/h2-3,5-6,8-9,12-13,18,22H,4,7,10-11,14-16H2,1H3. The van der Waals surface area contributed by atoms with Gasteiger partial charge in [0.1, 0.15) is 11.6 Å². The van der Waals surface area contributed by atoms with Gasteiger partial charge in [-0.15, -0.1) is 0 Å². The van der Waals surface area contributed by atoms with Gasteiger partial charge in [-0.25, -0.2) is 4.98 Å². The third kappa shape index (κ3) is 3.82. The molecule has 1 saturated carbocycles. The van der Waals surface area contributed by atoms with E-state index in [1.165, 1.54) is 0 Å². The number of hydrogen-bond donors (Lipinski definition) is 0. The number of rotatable bonds is 6. The lowest BCUT2D eigenvalue weighted by Crippen LogP contribution is -2.31. The molecular weight excluding hydrogens is 390 g/mol. The molecule has 160 valence electrons. The summed E-state index contributed by atoms with van der Waals surface area (Å²) in [6.45, 7) is 0.774. The Morgan fingerprint density at radius 3 is 2.61 bits per heavy atom. The van der Waals surface area contributed by atoms with Gasteiger partial charge in [0, 0.05) is 25.4 Å². The van der Waals surface area contributed by atoms with E-state index in [4.69, 9.17) is 9.72 Å². The van der Waals surface area contributed by atoms with Crippen LogP contribution in [0, 0.1) is 0 Å². The van der Waals surface area contributed by atoms with E-state index in [1.54, 1.807) is 7.11 Å². The SMILES string of the molecule is COc1ccc(C2CCCN2C(=O)CCc2nc3ccccc3c(=O)n2C2CC2)cc1. The van der Waals surface area contributed by atoms with Crippen LogP contribution in [0.4, 0.5) is 0 Å². The molecule has 3 aromatic rings. The van der Waals surface area contributed by atoms with Crippen molar-refractivity contribution in [2.75, 3.05) is 13.7 Å². The topological polar surface area (TPSA) is 64.4 Å².